The van der Waals surface area contributed by atoms with Crippen molar-refractivity contribution in [2.45, 2.75) is 12.5 Å². The van der Waals surface area contributed by atoms with Crippen LogP contribution in [0.4, 0.5) is 0 Å². The summed E-state index contributed by atoms with van der Waals surface area (Å²) >= 11 is 6.50. The molecule has 2 N–H and O–H groups in total. The van der Waals surface area contributed by atoms with Crippen LogP contribution in [-0.4, -0.2) is 0 Å². The number of hydrogen-bond donors (Lipinski definition) is 1. The summed E-state index contributed by atoms with van der Waals surface area (Å²) in [4.78, 5) is 0. The third-order valence-electron chi connectivity index (χ3n) is 4.25. The molecule has 0 heterocycles. The van der Waals surface area contributed by atoms with Crippen molar-refractivity contribution in [3.63, 3.8) is 0 Å². The molecular weight excluding hydrogens is 314 g/mol. The standard InChI is InChI=1S/C22H20ClN/c1-2-8-17-13-15-19(16-14-17)22(24,18-9-4-3-5-10-18)20-11-6-7-12-21(20)23/h2-16H,24H2,1H3/b8-2+. The number of hydrogen-bond acceptors (Lipinski definition) is 1. The summed E-state index contributed by atoms with van der Waals surface area (Å²) in [6.07, 6.45) is 4.09. The highest BCUT2D eigenvalue weighted by atomic mass is 35.5. The molecule has 0 saturated carbocycles. The monoisotopic (exact) mass is 333 g/mol. The lowest BCUT2D eigenvalue weighted by molar-refractivity contribution is 0.653. The zero-order valence-corrected chi connectivity index (χ0v) is 14.4. The lowest BCUT2D eigenvalue weighted by Crippen LogP contribution is -2.39. The van der Waals surface area contributed by atoms with E-state index in [-0.39, 0.29) is 0 Å². The van der Waals surface area contributed by atoms with E-state index in [1.54, 1.807) is 0 Å². The molecule has 0 bridgehead atoms. The van der Waals surface area contributed by atoms with Crippen LogP contribution in [0.5, 0.6) is 0 Å². The van der Waals surface area contributed by atoms with Gasteiger partial charge in [-0.25, -0.2) is 0 Å². The molecule has 120 valence electrons. The Hall–Kier alpha value is -2.35. The van der Waals surface area contributed by atoms with Gasteiger partial charge in [0, 0.05) is 5.02 Å². The fourth-order valence-corrected chi connectivity index (χ4v) is 3.29. The Labute approximate surface area is 148 Å². The molecule has 2 heteroatoms. The minimum Gasteiger partial charge on any atom is -0.314 e. The third-order valence-corrected chi connectivity index (χ3v) is 4.58. The van der Waals surface area contributed by atoms with E-state index in [0.717, 1.165) is 22.3 Å². The normalized spacial score (nSPS) is 13.8. The molecule has 1 atom stereocenters. The average molecular weight is 334 g/mol. The molecule has 3 aromatic carbocycles. The molecule has 1 unspecified atom stereocenters. The van der Waals surface area contributed by atoms with Crippen molar-refractivity contribution in [1.82, 2.24) is 0 Å². The summed E-state index contributed by atoms with van der Waals surface area (Å²) in [5.74, 6) is 0. The first kappa shape index (κ1) is 16.5. The van der Waals surface area contributed by atoms with E-state index < -0.39 is 5.54 Å². The maximum Gasteiger partial charge on any atom is 0.0937 e. The molecule has 0 radical (unpaired) electrons. The Balaban J connectivity index is 2.21. The molecule has 0 spiro atoms. The van der Waals surface area contributed by atoms with E-state index in [2.05, 4.69) is 30.3 Å². The number of nitrogens with two attached hydrogens (primary N) is 1. The van der Waals surface area contributed by atoms with E-state index >= 15 is 0 Å². The van der Waals surface area contributed by atoms with E-state index in [9.17, 15) is 0 Å². The van der Waals surface area contributed by atoms with Crippen LogP contribution in [0.1, 0.15) is 29.2 Å². The van der Waals surface area contributed by atoms with Crippen LogP contribution < -0.4 is 5.73 Å². The van der Waals surface area contributed by atoms with Gasteiger partial charge >= 0.3 is 0 Å². The number of allylic oxidation sites excluding steroid dienone is 1. The molecule has 0 aliphatic carbocycles. The van der Waals surface area contributed by atoms with Crippen LogP contribution in [0.25, 0.3) is 6.08 Å². The van der Waals surface area contributed by atoms with E-state index in [4.69, 9.17) is 17.3 Å². The van der Waals surface area contributed by atoms with E-state index in [1.807, 2.05) is 67.6 Å². The van der Waals surface area contributed by atoms with Gasteiger partial charge in [0.05, 0.1) is 5.54 Å². The van der Waals surface area contributed by atoms with Gasteiger partial charge in [0.25, 0.3) is 0 Å². The van der Waals surface area contributed by atoms with Gasteiger partial charge < -0.3 is 5.73 Å². The summed E-state index contributed by atoms with van der Waals surface area (Å²) in [6, 6.07) is 26.2. The van der Waals surface area contributed by atoms with Gasteiger partial charge in [0.2, 0.25) is 0 Å². The highest BCUT2D eigenvalue weighted by Crippen LogP contribution is 2.37. The van der Waals surface area contributed by atoms with Crippen LogP contribution >= 0.6 is 11.6 Å². The van der Waals surface area contributed by atoms with Crippen molar-refractivity contribution < 1.29 is 0 Å². The Morgan fingerprint density at radius 3 is 2.00 bits per heavy atom. The molecule has 0 aromatic heterocycles. The highest BCUT2D eigenvalue weighted by molar-refractivity contribution is 6.31. The van der Waals surface area contributed by atoms with Crippen molar-refractivity contribution in [1.29, 1.82) is 0 Å². The van der Waals surface area contributed by atoms with Gasteiger partial charge in [-0.15, -0.1) is 0 Å². The Bertz CT molecular complexity index is 837. The lowest BCUT2D eigenvalue weighted by atomic mass is 9.78. The predicted molar refractivity (Wildman–Crippen MR) is 103 cm³/mol. The first-order valence-electron chi connectivity index (χ1n) is 7.99. The van der Waals surface area contributed by atoms with Gasteiger partial charge in [-0.1, -0.05) is 96.5 Å². The first-order chi connectivity index (χ1) is 11.7. The Kier molecular flexibility index (Phi) is 4.84. The van der Waals surface area contributed by atoms with Crippen LogP contribution in [0.2, 0.25) is 5.02 Å². The molecule has 1 nitrogen and oxygen atoms in total. The van der Waals surface area contributed by atoms with Crippen molar-refractivity contribution in [2.75, 3.05) is 0 Å². The molecule has 3 rings (SSSR count). The maximum absolute atomic E-state index is 6.98. The lowest BCUT2D eigenvalue weighted by Gasteiger charge is -2.32. The predicted octanol–water partition coefficient (Wildman–Crippen LogP) is 5.62. The summed E-state index contributed by atoms with van der Waals surface area (Å²) in [5, 5.41) is 0.668. The summed E-state index contributed by atoms with van der Waals surface area (Å²) in [7, 11) is 0. The second-order valence-electron chi connectivity index (χ2n) is 5.78. The van der Waals surface area contributed by atoms with Gasteiger partial charge in [-0.05, 0) is 35.2 Å². The first-order valence-corrected chi connectivity index (χ1v) is 8.36. The van der Waals surface area contributed by atoms with Crippen LogP contribution in [0.15, 0.2) is 84.9 Å². The van der Waals surface area contributed by atoms with E-state index in [0.29, 0.717) is 5.02 Å². The molecule has 0 saturated heterocycles. The van der Waals surface area contributed by atoms with Gasteiger partial charge in [0.1, 0.15) is 0 Å². The smallest absolute Gasteiger partial charge is 0.0937 e. The second kappa shape index (κ2) is 7.04. The largest absolute Gasteiger partial charge is 0.314 e. The average Bonchev–Trinajstić information content (AvgIpc) is 2.63. The van der Waals surface area contributed by atoms with Gasteiger partial charge in [0.15, 0.2) is 0 Å². The number of halogens is 1. The maximum atomic E-state index is 6.98. The van der Waals surface area contributed by atoms with Crippen molar-refractivity contribution in [3.05, 3.63) is 112 Å². The topological polar surface area (TPSA) is 26.0 Å². The van der Waals surface area contributed by atoms with Crippen LogP contribution in [0.3, 0.4) is 0 Å². The molecule has 0 aliphatic rings. The van der Waals surface area contributed by atoms with Gasteiger partial charge in [-0.3, -0.25) is 0 Å². The number of benzene rings is 3. The minimum atomic E-state index is -0.798. The summed E-state index contributed by atoms with van der Waals surface area (Å²) < 4.78 is 0. The number of rotatable bonds is 4. The zero-order valence-electron chi connectivity index (χ0n) is 13.6. The fourth-order valence-electron chi connectivity index (χ4n) is 3.01. The Morgan fingerprint density at radius 1 is 0.792 bits per heavy atom. The summed E-state index contributed by atoms with van der Waals surface area (Å²) in [6.45, 7) is 2.01. The zero-order chi connectivity index (χ0) is 17.0. The molecule has 24 heavy (non-hydrogen) atoms. The fraction of sp³-hybridized carbons (Fsp3) is 0.0909. The SMILES string of the molecule is C/C=C/c1ccc(C(N)(c2ccccc2)c2ccccc2Cl)cc1. The molecule has 0 aliphatic heterocycles. The minimum absolute atomic E-state index is 0.668. The van der Waals surface area contributed by atoms with Crippen molar-refractivity contribution >= 4 is 17.7 Å². The van der Waals surface area contributed by atoms with E-state index in [1.165, 1.54) is 0 Å². The molecule has 3 aromatic rings. The highest BCUT2D eigenvalue weighted by Gasteiger charge is 2.33. The molecular formula is C22H20ClN. The van der Waals surface area contributed by atoms with Crippen LogP contribution in [-0.2, 0) is 5.54 Å². The molecule has 0 fully saturated rings. The van der Waals surface area contributed by atoms with Crippen molar-refractivity contribution in [3.8, 4) is 0 Å². The second-order valence-corrected chi connectivity index (χ2v) is 6.18. The summed E-state index contributed by atoms with van der Waals surface area (Å²) in [5.41, 5.74) is 10.3. The van der Waals surface area contributed by atoms with Gasteiger partial charge in [-0.2, -0.15) is 0 Å². The van der Waals surface area contributed by atoms with Crippen LogP contribution in [0, 0.1) is 0 Å². The van der Waals surface area contributed by atoms with Crippen molar-refractivity contribution in [2.24, 2.45) is 5.73 Å². The Morgan fingerprint density at radius 2 is 1.38 bits per heavy atom. The third kappa shape index (κ3) is 3.01. The quantitative estimate of drug-likeness (QED) is 0.616. The molecule has 0 amide bonds.